The van der Waals surface area contributed by atoms with Gasteiger partial charge in [0.1, 0.15) is 11.9 Å². The number of anilines is 1. The van der Waals surface area contributed by atoms with Crippen LogP contribution in [0.5, 0.6) is 0 Å². The van der Waals surface area contributed by atoms with E-state index >= 15 is 0 Å². The molecule has 2 rings (SSSR count). The Morgan fingerprint density at radius 3 is 2.88 bits per heavy atom. The molecule has 0 amide bonds. The van der Waals surface area contributed by atoms with Crippen molar-refractivity contribution in [3.63, 3.8) is 0 Å². The first-order valence-electron chi connectivity index (χ1n) is 5.95. The second-order valence-electron chi connectivity index (χ2n) is 4.06. The molecule has 88 valence electrons. The molecule has 0 bridgehead atoms. The van der Waals surface area contributed by atoms with E-state index in [1.54, 1.807) is 0 Å². The van der Waals surface area contributed by atoms with Gasteiger partial charge in [-0.05, 0) is 33.1 Å². The first-order chi connectivity index (χ1) is 7.76. The van der Waals surface area contributed by atoms with E-state index in [-0.39, 0.29) is 6.10 Å². The molecule has 16 heavy (non-hydrogen) atoms. The van der Waals surface area contributed by atoms with Gasteiger partial charge in [0.15, 0.2) is 5.82 Å². The predicted molar refractivity (Wildman–Crippen MR) is 63.6 cm³/mol. The highest BCUT2D eigenvalue weighted by molar-refractivity contribution is 5.48. The first-order valence-corrected chi connectivity index (χ1v) is 5.95. The number of aryl methyl sites for hydroxylation is 1. The zero-order valence-electron chi connectivity index (χ0n) is 10.2. The van der Waals surface area contributed by atoms with Crippen molar-refractivity contribution in [3.05, 3.63) is 17.1 Å². The monoisotopic (exact) mass is 221 g/mol. The maximum atomic E-state index is 5.53. The quantitative estimate of drug-likeness (QED) is 0.845. The smallest absolute Gasteiger partial charge is 0.159 e. The van der Waals surface area contributed by atoms with E-state index in [9.17, 15) is 0 Å². The molecule has 0 spiro atoms. The van der Waals surface area contributed by atoms with Gasteiger partial charge in [0.25, 0.3) is 0 Å². The van der Waals surface area contributed by atoms with Crippen molar-refractivity contribution in [2.45, 2.75) is 39.2 Å². The topological polar surface area (TPSA) is 47.0 Å². The number of aromatic nitrogens is 2. The van der Waals surface area contributed by atoms with Gasteiger partial charge in [-0.15, -0.1) is 0 Å². The van der Waals surface area contributed by atoms with Crippen LogP contribution in [0.1, 0.15) is 43.5 Å². The van der Waals surface area contributed by atoms with E-state index in [4.69, 9.17) is 4.74 Å². The van der Waals surface area contributed by atoms with E-state index < -0.39 is 0 Å². The summed E-state index contributed by atoms with van der Waals surface area (Å²) in [6, 6.07) is 0. The normalized spacial score (nSPS) is 15.9. The average Bonchev–Trinajstić information content (AvgIpc) is 2.75. The maximum absolute atomic E-state index is 5.53. The Bertz CT molecular complexity index is 379. The molecular weight excluding hydrogens is 202 g/mol. The lowest BCUT2D eigenvalue weighted by atomic mass is 10.2. The molecule has 1 aromatic heterocycles. The van der Waals surface area contributed by atoms with Gasteiger partial charge in [-0.1, -0.05) is 0 Å². The highest BCUT2D eigenvalue weighted by atomic mass is 16.5. The highest BCUT2D eigenvalue weighted by Gasteiger charge is 2.20. The molecule has 1 aliphatic rings. The molecule has 0 aromatic carbocycles. The number of nitrogens with zero attached hydrogens (tertiary/aromatic N) is 2. The van der Waals surface area contributed by atoms with Crippen molar-refractivity contribution in [1.29, 1.82) is 0 Å². The van der Waals surface area contributed by atoms with E-state index in [0.29, 0.717) is 6.61 Å². The predicted octanol–water partition coefficient (Wildman–Crippen LogP) is 2.10. The Balaban J connectivity index is 2.34. The van der Waals surface area contributed by atoms with Crippen LogP contribution in [-0.2, 0) is 17.6 Å². The molecule has 4 heteroatoms. The molecule has 1 unspecified atom stereocenters. The SMILES string of the molecule is CCOC(C)c1nc2c(c(NC)n1)CCC2. The summed E-state index contributed by atoms with van der Waals surface area (Å²) in [4.78, 5) is 9.14. The Labute approximate surface area is 96.4 Å². The van der Waals surface area contributed by atoms with Crippen LogP contribution in [0.2, 0.25) is 0 Å². The molecule has 1 atom stereocenters. The zero-order valence-corrected chi connectivity index (χ0v) is 10.2. The maximum Gasteiger partial charge on any atom is 0.159 e. The van der Waals surface area contributed by atoms with Crippen LogP contribution >= 0.6 is 0 Å². The fraction of sp³-hybridized carbons (Fsp3) is 0.667. The summed E-state index contributed by atoms with van der Waals surface area (Å²) in [5, 5.41) is 3.16. The van der Waals surface area contributed by atoms with E-state index in [2.05, 4.69) is 15.3 Å². The van der Waals surface area contributed by atoms with Crippen molar-refractivity contribution in [2.24, 2.45) is 0 Å². The minimum Gasteiger partial charge on any atom is -0.373 e. The van der Waals surface area contributed by atoms with Crippen molar-refractivity contribution in [2.75, 3.05) is 19.0 Å². The van der Waals surface area contributed by atoms with Crippen molar-refractivity contribution in [1.82, 2.24) is 9.97 Å². The lowest BCUT2D eigenvalue weighted by Crippen LogP contribution is -2.10. The third kappa shape index (κ3) is 2.02. The lowest BCUT2D eigenvalue weighted by molar-refractivity contribution is 0.0700. The summed E-state index contributed by atoms with van der Waals surface area (Å²) in [5.41, 5.74) is 2.48. The Hall–Kier alpha value is -1.16. The van der Waals surface area contributed by atoms with Crippen LogP contribution in [0.4, 0.5) is 5.82 Å². The van der Waals surface area contributed by atoms with Gasteiger partial charge in [0.05, 0.1) is 0 Å². The van der Waals surface area contributed by atoms with Crippen LogP contribution in [-0.4, -0.2) is 23.6 Å². The minimum atomic E-state index is -0.0250. The number of fused-ring (bicyclic) bond motifs is 1. The van der Waals surface area contributed by atoms with Gasteiger partial charge >= 0.3 is 0 Å². The Morgan fingerprint density at radius 2 is 2.19 bits per heavy atom. The molecule has 4 nitrogen and oxygen atoms in total. The van der Waals surface area contributed by atoms with Crippen LogP contribution < -0.4 is 5.32 Å². The molecule has 1 aliphatic carbocycles. The van der Waals surface area contributed by atoms with Crippen LogP contribution in [0, 0.1) is 0 Å². The Kier molecular flexibility index (Phi) is 3.39. The largest absolute Gasteiger partial charge is 0.373 e. The highest BCUT2D eigenvalue weighted by Crippen LogP contribution is 2.27. The first kappa shape index (κ1) is 11.3. The van der Waals surface area contributed by atoms with Gasteiger partial charge < -0.3 is 10.1 Å². The minimum absolute atomic E-state index is 0.0250. The molecule has 0 saturated heterocycles. The molecule has 0 radical (unpaired) electrons. The third-order valence-electron chi connectivity index (χ3n) is 2.97. The summed E-state index contributed by atoms with van der Waals surface area (Å²) < 4.78 is 5.53. The van der Waals surface area contributed by atoms with Gasteiger partial charge in [-0.3, -0.25) is 0 Å². The molecule has 1 N–H and O–H groups in total. The number of rotatable bonds is 4. The number of nitrogens with one attached hydrogen (secondary N) is 1. The van der Waals surface area contributed by atoms with E-state index in [0.717, 1.165) is 24.5 Å². The molecular formula is C12H19N3O. The summed E-state index contributed by atoms with van der Waals surface area (Å²) in [6.45, 7) is 4.68. The molecule has 0 saturated carbocycles. The number of hydrogen-bond acceptors (Lipinski definition) is 4. The Morgan fingerprint density at radius 1 is 1.38 bits per heavy atom. The molecule has 0 fully saturated rings. The summed E-state index contributed by atoms with van der Waals surface area (Å²) in [7, 11) is 1.91. The van der Waals surface area contributed by atoms with E-state index in [1.165, 1.54) is 17.7 Å². The average molecular weight is 221 g/mol. The van der Waals surface area contributed by atoms with Gasteiger partial charge in [0.2, 0.25) is 0 Å². The second-order valence-corrected chi connectivity index (χ2v) is 4.06. The van der Waals surface area contributed by atoms with Gasteiger partial charge in [0, 0.05) is 24.9 Å². The van der Waals surface area contributed by atoms with E-state index in [1.807, 2.05) is 20.9 Å². The third-order valence-corrected chi connectivity index (χ3v) is 2.97. The van der Waals surface area contributed by atoms with Gasteiger partial charge in [-0.25, -0.2) is 9.97 Å². The lowest BCUT2D eigenvalue weighted by Gasteiger charge is -2.14. The standard InChI is InChI=1S/C12H19N3O/c1-4-16-8(2)11-14-10-7-5-6-9(10)12(13-3)15-11/h8H,4-7H2,1-3H3,(H,13,14,15). The number of ether oxygens (including phenoxy) is 1. The molecule has 0 aliphatic heterocycles. The summed E-state index contributed by atoms with van der Waals surface area (Å²) in [6.07, 6.45) is 3.32. The molecule has 1 aromatic rings. The molecule has 1 heterocycles. The zero-order chi connectivity index (χ0) is 11.5. The second kappa shape index (κ2) is 4.78. The van der Waals surface area contributed by atoms with Crippen molar-refractivity contribution < 1.29 is 4.74 Å². The number of hydrogen-bond donors (Lipinski definition) is 1. The van der Waals surface area contributed by atoms with Crippen LogP contribution in [0.15, 0.2) is 0 Å². The fourth-order valence-electron chi connectivity index (χ4n) is 2.16. The summed E-state index contributed by atoms with van der Waals surface area (Å²) in [5.74, 6) is 1.77. The van der Waals surface area contributed by atoms with Crippen molar-refractivity contribution >= 4 is 5.82 Å². The van der Waals surface area contributed by atoms with Crippen LogP contribution in [0.3, 0.4) is 0 Å². The van der Waals surface area contributed by atoms with Crippen LogP contribution in [0.25, 0.3) is 0 Å². The fourth-order valence-corrected chi connectivity index (χ4v) is 2.16. The summed E-state index contributed by atoms with van der Waals surface area (Å²) >= 11 is 0. The van der Waals surface area contributed by atoms with Gasteiger partial charge in [-0.2, -0.15) is 0 Å². The van der Waals surface area contributed by atoms with Crippen molar-refractivity contribution in [3.8, 4) is 0 Å².